The van der Waals surface area contributed by atoms with Crippen LogP contribution in [0.25, 0.3) is 5.65 Å². The topological polar surface area (TPSA) is 61.1 Å². The van der Waals surface area contributed by atoms with Gasteiger partial charge < -0.3 is 14.4 Å². The highest BCUT2D eigenvalue weighted by Gasteiger charge is 2.25. The Morgan fingerprint density at radius 2 is 1.85 bits per heavy atom. The molecule has 1 unspecified atom stereocenters. The van der Waals surface area contributed by atoms with E-state index in [9.17, 15) is 14.3 Å². The molecule has 0 spiro atoms. The lowest BCUT2D eigenvalue weighted by molar-refractivity contribution is 0.0528. The second kappa shape index (κ2) is 7.46. The van der Waals surface area contributed by atoms with Crippen molar-refractivity contribution in [2.24, 2.45) is 0 Å². The predicted molar refractivity (Wildman–Crippen MR) is 98.9 cm³/mol. The van der Waals surface area contributed by atoms with Crippen LogP contribution in [0.5, 0.6) is 0 Å². The lowest BCUT2D eigenvalue weighted by atomic mass is 10.1. The molecule has 1 N–H and O–H groups in total. The predicted octanol–water partition coefficient (Wildman–Crippen LogP) is 1.96. The normalized spacial score (nSPS) is 16.6. The van der Waals surface area contributed by atoms with Crippen molar-refractivity contribution in [3.05, 3.63) is 71.9 Å². The van der Waals surface area contributed by atoms with Crippen molar-refractivity contribution in [1.29, 1.82) is 0 Å². The Morgan fingerprint density at radius 3 is 2.59 bits per heavy atom. The Kier molecular flexibility index (Phi) is 4.87. The number of halogens is 1. The first-order chi connectivity index (χ1) is 13.1. The SMILES string of the molecule is O=C(c1cccn2ccnc12)N1CCN(CC(O)c2ccc(F)cc2)CC1. The molecular formula is C20H21FN4O2. The van der Waals surface area contributed by atoms with Gasteiger partial charge in [0.1, 0.15) is 11.5 Å². The molecule has 0 radical (unpaired) electrons. The number of hydrogen-bond donors (Lipinski definition) is 1. The number of piperazine rings is 1. The maximum atomic E-state index is 13.0. The van der Waals surface area contributed by atoms with Crippen molar-refractivity contribution in [2.45, 2.75) is 6.10 Å². The fourth-order valence-corrected chi connectivity index (χ4v) is 3.45. The highest BCUT2D eigenvalue weighted by atomic mass is 19.1. The van der Waals surface area contributed by atoms with Crippen LogP contribution in [-0.2, 0) is 0 Å². The van der Waals surface area contributed by atoms with E-state index in [1.165, 1.54) is 12.1 Å². The van der Waals surface area contributed by atoms with E-state index in [4.69, 9.17) is 0 Å². The number of benzene rings is 1. The molecule has 3 heterocycles. The van der Waals surface area contributed by atoms with Crippen LogP contribution in [0.2, 0.25) is 0 Å². The van der Waals surface area contributed by atoms with Crippen LogP contribution in [-0.4, -0.2) is 62.9 Å². The average molecular weight is 368 g/mol. The molecule has 1 aromatic carbocycles. The lowest BCUT2D eigenvalue weighted by Gasteiger charge is -2.35. The molecule has 3 aromatic rings. The molecule has 2 aromatic heterocycles. The zero-order valence-electron chi connectivity index (χ0n) is 14.8. The Bertz CT molecular complexity index is 933. The van der Waals surface area contributed by atoms with Gasteiger partial charge in [0.25, 0.3) is 5.91 Å². The third kappa shape index (κ3) is 3.70. The first-order valence-electron chi connectivity index (χ1n) is 8.98. The molecule has 1 amide bonds. The van der Waals surface area contributed by atoms with Gasteiger partial charge in [0, 0.05) is 51.3 Å². The summed E-state index contributed by atoms with van der Waals surface area (Å²) in [6.07, 6.45) is 4.70. The quantitative estimate of drug-likeness (QED) is 0.765. The monoisotopic (exact) mass is 368 g/mol. The van der Waals surface area contributed by atoms with E-state index >= 15 is 0 Å². The summed E-state index contributed by atoms with van der Waals surface area (Å²) in [5.41, 5.74) is 1.96. The lowest BCUT2D eigenvalue weighted by Crippen LogP contribution is -2.49. The number of hydrogen-bond acceptors (Lipinski definition) is 4. The molecule has 1 atom stereocenters. The van der Waals surface area contributed by atoms with E-state index in [2.05, 4.69) is 9.88 Å². The van der Waals surface area contributed by atoms with Gasteiger partial charge in [-0.2, -0.15) is 0 Å². The van der Waals surface area contributed by atoms with Crippen LogP contribution in [0.1, 0.15) is 22.0 Å². The van der Waals surface area contributed by atoms with Crippen LogP contribution in [0, 0.1) is 5.82 Å². The summed E-state index contributed by atoms with van der Waals surface area (Å²) in [6, 6.07) is 9.55. The number of imidazole rings is 1. The van der Waals surface area contributed by atoms with E-state index in [1.54, 1.807) is 24.4 Å². The van der Waals surface area contributed by atoms with Gasteiger partial charge in [-0.15, -0.1) is 0 Å². The number of carbonyl (C=O) groups is 1. The standard InChI is InChI=1S/C20H21FN4O2/c21-16-5-3-15(4-6-16)18(26)14-23-10-12-25(13-11-23)20(27)17-2-1-8-24-9-7-22-19(17)24/h1-9,18,26H,10-14H2. The number of aromatic nitrogens is 2. The van der Waals surface area contributed by atoms with Gasteiger partial charge in [-0.05, 0) is 29.8 Å². The van der Waals surface area contributed by atoms with Crippen molar-refractivity contribution in [3.8, 4) is 0 Å². The van der Waals surface area contributed by atoms with Gasteiger partial charge in [0.05, 0.1) is 11.7 Å². The van der Waals surface area contributed by atoms with Crippen molar-refractivity contribution in [3.63, 3.8) is 0 Å². The second-order valence-corrected chi connectivity index (χ2v) is 6.74. The van der Waals surface area contributed by atoms with Gasteiger partial charge in [0.2, 0.25) is 0 Å². The summed E-state index contributed by atoms with van der Waals surface area (Å²) in [7, 11) is 0. The number of amides is 1. The Hall–Kier alpha value is -2.77. The zero-order valence-corrected chi connectivity index (χ0v) is 14.8. The van der Waals surface area contributed by atoms with Crippen LogP contribution < -0.4 is 0 Å². The maximum Gasteiger partial charge on any atom is 0.257 e. The summed E-state index contributed by atoms with van der Waals surface area (Å²) in [4.78, 5) is 21.1. The number of fused-ring (bicyclic) bond motifs is 1. The number of nitrogens with zero attached hydrogens (tertiary/aromatic N) is 4. The number of aliphatic hydroxyl groups excluding tert-OH is 1. The number of carbonyl (C=O) groups excluding carboxylic acids is 1. The summed E-state index contributed by atoms with van der Waals surface area (Å²) >= 11 is 0. The van der Waals surface area contributed by atoms with Crippen molar-refractivity contribution >= 4 is 11.6 Å². The number of aliphatic hydroxyl groups is 1. The number of pyridine rings is 1. The van der Waals surface area contributed by atoms with Gasteiger partial charge in [0.15, 0.2) is 0 Å². The molecular weight excluding hydrogens is 347 g/mol. The largest absolute Gasteiger partial charge is 0.387 e. The minimum atomic E-state index is -0.675. The third-order valence-corrected chi connectivity index (χ3v) is 4.99. The van der Waals surface area contributed by atoms with Crippen LogP contribution >= 0.6 is 0 Å². The fraction of sp³-hybridized carbons (Fsp3) is 0.300. The molecule has 1 fully saturated rings. The van der Waals surface area contributed by atoms with Crippen LogP contribution in [0.4, 0.5) is 4.39 Å². The van der Waals surface area contributed by atoms with Crippen molar-refractivity contribution < 1.29 is 14.3 Å². The molecule has 27 heavy (non-hydrogen) atoms. The molecule has 7 heteroatoms. The number of rotatable bonds is 4. The second-order valence-electron chi connectivity index (χ2n) is 6.74. The Balaban J connectivity index is 1.36. The molecule has 0 saturated carbocycles. The summed E-state index contributed by atoms with van der Waals surface area (Å²) < 4.78 is 14.8. The molecule has 4 rings (SSSR count). The summed E-state index contributed by atoms with van der Waals surface area (Å²) in [5, 5.41) is 10.4. The minimum Gasteiger partial charge on any atom is -0.387 e. The highest BCUT2D eigenvalue weighted by molar-refractivity contribution is 5.99. The third-order valence-electron chi connectivity index (χ3n) is 4.99. The van der Waals surface area contributed by atoms with Gasteiger partial charge in [-0.1, -0.05) is 12.1 Å². The molecule has 6 nitrogen and oxygen atoms in total. The van der Waals surface area contributed by atoms with Gasteiger partial charge >= 0.3 is 0 Å². The average Bonchev–Trinajstić information content (AvgIpc) is 3.17. The van der Waals surface area contributed by atoms with Gasteiger partial charge in [-0.3, -0.25) is 9.69 Å². The molecule has 140 valence electrons. The highest BCUT2D eigenvalue weighted by Crippen LogP contribution is 2.17. The molecule has 1 aliphatic rings. The van der Waals surface area contributed by atoms with Crippen LogP contribution in [0.3, 0.4) is 0 Å². The number of β-amino-alcohol motifs (C(OH)–C–C–N with tert-alkyl or cyclic N) is 1. The first kappa shape index (κ1) is 17.6. The van der Waals surface area contributed by atoms with E-state index in [0.717, 1.165) is 0 Å². The van der Waals surface area contributed by atoms with Crippen molar-refractivity contribution in [2.75, 3.05) is 32.7 Å². The molecule has 0 bridgehead atoms. The Morgan fingerprint density at radius 1 is 1.11 bits per heavy atom. The van der Waals surface area contributed by atoms with E-state index < -0.39 is 6.10 Å². The smallest absolute Gasteiger partial charge is 0.257 e. The first-order valence-corrected chi connectivity index (χ1v) is 8.98. The molecule has 0 aliphatic carbocycles. The fourth-order valence-electron chi connectivity index (χ4n) is 3.45. The summed E-state index contributed by atoms with van der Waals surface area (Å²) in [5.74, 6) is -0.337. The van der Waals surface area contributed by atoms with E-state index in [0.29, 0.717) is 49.5 Å². The zero-order chi connectivity index (χ0) is 18.8. The summed E-state index contributed by atoms with van der Waals surface area (Å²) in [6.45, 7) is 3.01. The molecule has 1 saturated heterocycles. The Labute approximate surface area is 156 Å². The minimum absolute atomic E-state index is 0.0227. The maximum absolute atomic E-state index is 13.0. The van der Waals surface area contributed by atoms with Crippen molar-refractivity contribution in [1.82, 2.24) is 19.2 Å². The van der Waals surface area contributed by atoms with E-state index in [1.807, 2.05) is 27.8 Å². The van der Waals surface area contributed by atoms with E-state index in [-0.39, 0.29) is 11.7 Å². The van der Waals surface area contributed by atoms with Crippen LogP contribution in [0.15, 0.2) is 55.0 Å². The van der Waals surface area contributed by atoms with Gasteiger partial charge in [-0.25, -0.2) is 9.37 Å². The molecule has 1 aliphatic heterocycles.